The molecule has 6 heteroatoms. The molecule has 2 rings (SSSR count). The third-order valence-corrected chi connectivity index (χ3v) is 5.71. The maximum absolute atomic E-state index is 11.5. The highest BCUT2D eigenvalue weighted by atomic mass is 32.2. The lowest BCUT2D eigenvalue weighted by Crippen LogP contribution is -2.25. The van der Waals surface area contributed by atoms with Crippen molar-refractivity contribution < 1.29 is 12.8 Å². The number of furan rings is 1. The molecule has 0 aliphatic carbocycles. The Hall–Kier alpha value is -1.24. The Bertz CT molecular complexity index is 663. The van der Waals surface area contributed by atoms with Crippen LogP contribution in [-0.4, -0.2) is 20.7 Å². The zero-order valence-electron chi connectivity index (χ0n) is 12.0. The van der Waals surface area contributed by atoms with Gasteiger partial charge in [-0.25, -0.2) is 8.42 Å². The number of sulfone groups is 1. The quantitative estimate of drug-likeness (QED) is 0.825. The lowest BCUT2D eigenvalue weighted by Gasteiger charge is -2.20. The monoisotopic (exact) mass is 325 g/mol. The molecular formula is C15H19NO3S2. The van der Waals surface area contributed by atoms with Crippen LogP contribution in [0.2, 0.25) is 0 Å². The molecule has 0 radical (unpaired) electrons. The predicted molar refractivity (Wildman–Crippen MR) is 85.1 cm³/mol. The average molecular weight is 325 g/mol. The van der Waals surface area contributed by atoms with Crippen LogP contribution in [0, 0.1) is 0 Å². The molecule has 0 aliphatic heterocycles. The van der Waals surface area contributed by atoms with Crippen molar-refractivity contribution in [2.24, 2.45) is 5.73 Å². The highest BCUT2D eigenvalue weighted by molar-refractivity contribution is 7.99. The van der Waals surface area contributed by atoms with Crippen LogP contribution >= 0.6 is 11.8 Å². The lowest BCUT2D eigenvalue weighted by molar-refractivity contribution is 0.474. The Kier molecular flexibility index (Phi) is 5.13. The van der Waals surface area contributed by atoms with E-state index in [1.807, 2.05) is 19.1 Å². The number of benzene rings is 1. The molecule has 114 valence electrons. The summed E-state index contributed by atoms with van der Waals surface area (Å²) in [5.74, 6) is 0.835. The molecule has 1 heterocycles. The van der Waals surface area contributed by atoms with Crippen LogP contribution in [0.1, 0.15) is 24.4 Å². The van der Waals surface area contributed by atoms with Gasteiger partial charge in [-0.3, -0.25) is 0 Å². The van der Waals surface area contributed by atoms with E-state index in [9.17, 15) is 8.42 Å². The Morgan fingerprint density at radius 1 is 1.24 bits per heavy atom. The summed E-state index contributed by atoms with van der Waals surface area (Å²) < 4.78 is 28.4. The summed E-state index contributed by atoms with van der Waals surface area (Å²) in [4.78, 5) is 1.29. The highest BCUT2D eigenvalue weighted by Gasteiger charge is 2.22. The van der Waals surface area contributed by atoms with Crippen molar-refractivity contribution in [3.8, 4) is 0 Å². The molecule has 4 nitrogen and oxygen atoms in total. The van der Waals surface area contributed by atoms with E-state index < -0.39 is 9.84 Å². The first-order valence-corrected chi connectivity index (χ1v) is 9.44. The van der Waals surface area contributed by atoms with Crippen LogP contribution in [-0.2, 0) is 9.84 Å². The summed E-state index contributed by atoms with van der Waals surface area (Å²) in [5.41, 5.74) is 6.18. The largest absolute Gasteiger partial charge is 0.468 e. The highest BCUT2D eigenvalue weighted by Crippen LogP contribution is 2.38. The zero-order valence-corrected chi connectivity index (χ0v) is 13.7. The van der Waals surface area contributed by atoms with Crippen molar-refractivity contribution in [1.29, 1.82) is 0 Å². The van der Waals surface area contributed by atoms with Crippen LogP contribution < -0.4 is 5.73 Å². The van der Waals surface area contributed by atoms with Gasteiger partial charge in [0.2, 0.25) is 0 Å². The predicted octanol–water partition coefficient (Wildman–Crippen LogP) is 3.25. The minimum Gasteiger partial charge on any atom is -0.468 e. The molecule has 2 atom stereocenters. The summed E-state index contributed by atoms with van der Waals surface area (Å²) in [7, 11) is -3.16. The fourth-order valence-corrected chi connectivity index (χ4v) is 3.77. The number of rotatable bonds is 6. The Morgan fingerprint density at radius 2 is 1.90 bits per heavy atom. The van der Waals surface area contributed by atoms with E-state index in [1.54, 1.807) is 42.3 Å². The van der Waals surface area contributed by atoms with Crippen molar-refractivity contribution in [1.82, 2.24) is 0 Å². The van der Waals surface area contributed by atoms with E-state index >= 15 is 0 Å². The Labute approximate surface area is 129 Å². The standard InChI is InChI=1S/C15H19NO3S2/c1-3-13(16)15(14-5-4-10-19-14)20-11-6-8-12(9-7-11)21(2,17)18/h4-10,13,15H,3,16H2,1-2H3. The molecule has 21 heavy (non-hydrogen) atoms. The molecule has 2 unspecified atom stereocenters. The molecular weight excluding hydrogens is 306 g/mol. The Morgan fingerprint density at radius 3 is 2.38 bits per heavy atom. The molecule has 1 aromatic heterocycles. The molecule has 1 aromatic carbocycles. The van der Waals surface area contributed by atoms with Gasteiger partial charge >= 0.3 is 0 Å². The number of nitrogens with two attached hydrogens (primary N) is 1. The maximum atomic E-state index is 11.5. The summed E-state index contributed by atoms with van der Waals surface area (Å²) in [6.45, 7) is 2.04. The molecule has 2 aromatic rings. The van der Waals surface area contributed by atoms with E-state index in [1.165, 1.54) is 6.26 Å². The van der Waals surface area contributed by atoms with Crippen molar-refractivity contribution in [2.45, 2.75) is 34.4 Å². The first-order chi connectivity index (χ1) is 9.91. The van der Waals surface area contributed by atoms with Gasteiger partial charge in [-0.05, 0) is 42.8 Å². The van der Waals surface area contributed by atoms with E-state index in [0.29, 0.717) is 4.90 Å². The summed E-state index contributed by atoms with van der Waals surface area (Å²) in [5, 5.41) is 0.00841. The molecule has 0 spiro atoms. The molecule has 0 bridgehead atoms. The average Bonchev–Trinajstić information content (AvgIpc) is 2.97. The molecule has 0 amide bonds. The van der Waals surface area contributed by atoms with Gasteiger partial charge in [0.25, 0.3) is 0 Å². The SMILES string of the molecule is CCC(N)C(Sc1ccc(S(C)(=O)=O)cc1)c1ccco1. The van der Waals surface area contributed by atoms with Crippen molar-refractivity contribution >= 4 is 21.6 Å². The van der Waals surface area contributed by atoms with Crippen LogP contribution in [0.3, 0.4) is 0 Å². The molecule has 0 aliphatic rings. The van der Waals surface area contributed by atoms with Gasteiger partial charge in [0.15, 0.2) is 9.84 Å². The second-order valence-corrected chi connectivity index (χ2v) is 8.10. The fourth-order valence-electron chi connectivity index (χ4n) is 1.94. The second-order valence-electron chi connectivity index (χ2n) is 4.87. The fraction of sp³-hybridized carbons (Fsp3) is 0.333. The first kappa shape index (κ1) is 16.1. The van der Waals surface area contributed by atoms with E-state index in [0.717, 1.165) is 17.1 Å². The second kappa shape index (κ2) is 6.68. The zero-order chi connectivity index (χ0) is 15.5. The van der Waals surface area contributed by atoms with Crippen LogP contribution in [0.4, 0.5) is 0 Å². The van der Waals surface area contributed by atoms with Gasteiger partial charge in [-0.1, -0.05) is 6.92 Å². The number of hydrogen-bond donors (Lipinski definition) is 1. The van der Waals surface area contributed by atoms with Gasteiger partial charge in [-0.2, -0.15) is 0 Å². The topological polar surface area (TPSA) is 73.3 Å². The smallest absolute Gasteiger partial charge is 0.175 e. The minimum absolute atomic E-state index is 0.00841. The van der Waals surface area contributed by atoms with Crippen molar-refractivity contribution in [2.75, 3.05) is 6.26 Å². The molecule has 0 fully saturated rings. The summed E-state index contributed by atoms with van der Waals surface area (Å²) in [6.07, 6.45) is 3.67. The number of thioether (sulfide) groups is 1. The van der Waals surface area contributed by atoms with Crippen LogP contribution in [0.15, 0.2) is 56.9 Å². The molecule has 0 saturated carbocycles. The van der Waals surface area contributed by atoms with Gasteiger partial charge in [-0.15, -0.1) is 11.8 Å². The third kappa shape index (κ3) is 4.12. The van der Waals surface area contributed by atoms with E-state index in [2.05, 4.69) is 0 Å². The normalized spacial score (nSPS) is 14.8. The molecule has 0 saturated heterocycles. The summed E-state index contributed by atoms with van der Waals surface area (Å²) >= 11 is 1.58. The Balaban J connectivity index is 2.21. The third-order valence-electron chi connectivity index (χ3n) is 3.20. The minimum atomic E-state index is -3.16. The van der Waals surface area contributed by atoms with Gasteiger partial charge in [0, 0.05) is 17.2 Å². The summed E-state index contributed by atoms with van der Waals surface area (Å²) in [6, 6.07) is 10.6. The number of hydrogen-bond acceptors (Lipinski definition) is 5. The van der Waals surface area contributed by atoms with Crippen LogP contribution in [0.25, 0.3) is 0 Å². The first-order valence-electron chi connectivity index (χ1n) is 6.67. The lowest BCUT2D eigenvalue weighted by atomic mass is 10.1. The van der Waals surface area contributed by atoms with E-state index in [-0.39, 0.29) is 11.3 Å². The van der Waals surface area contributed by atoms with Gasteiger partial charge < -0.3 is 10.2 Å². The van der Waals surface area contributed by atoms with Gasteiger partial charge in [0.1, 0.15) is 5.76 Å². The molecule has 2 N–H and O–H groups in total. The van der Waals surface area contributed by atoms with Crippen LogP contribution in [0.5, 0.6) is 0 Å². The van der Waals surface area contributed by atoms with Crippen molar-refractivity contribution in [3.05, 3.63) is 48.4 Å². The van der Waals surface area contributed by atoms with Crippen molar-refractivity contribution in [3.63, 3.8) is 0 Å². The maximum Gasteiger partial charge on any atom is 0.175 e. The van der Waals surface area contributed by atoms with Gasteiger partial charge in [0.05, 0.1) is 16.4 Å². The van der Waals surface area contributed by atoms with E-state index in [4.69, 9.17) is 10.2 Å².